The number of rotatable bonds is 13. The molecule has 40 heavy (non-hydrogen) atoms. The Labute approximate surface area is 235 Å². The van der Waals surface area contributed by atoms with E-state index in [-0.39, 0.29) is 0 Å². The summed E-state index contributed by atoms with van der Waals surface area (Å²) in [6.07, 6.45) is 1.85. The molecule has 0 spiro atoms. The summed E-state index contributed by atoms with van der Waals surface area (Å²) in [6.45, 7) is 9.95. The summed E-state index contributed by atoms with van der Waals surface area (Å²) in [6, 6.07) is 9.38. The summed E-state index contributed by atoms with van der Waals surface area (Å²) in [7, 11) is 0. The Morgan fingerprint density at radius 2 is 1.35 bits per heavy atom. The maximum atomic E-state index is 13.2. The van der Waals surface area contributed by atoms with Crippen LogP contribution < -0.4 is 15.5 Å². The van der Waals surface area contributed by atoms with E-state index in [0.29, 0.717) is 35.6 Å². The quantitative estimate of drug-likeness (QED) is 0.202. The van der Waals surface area contributed by atoms with Crippen LogP contribution in [0.25, 0.3) is 0 Å². The van der Waals surface area contributed by atoms with E-state index in [0.717, 1.165) is 25.7 Å². The molecular weight excluding hydrogens is 514 g/mol. The first-order chi connectivity index (χ1) is 19.2. The molecule has 11 nitrogen and oxygen atoms in total. The lowest BCUT2D eigenvalue weighted by molar-refractivity contribution is 0.0543. The van der Waals surface area contributed by atoms with Crippen molar-refractivity contribution in [1.82, 2.24) is 20.5 Å². The van der Waals surface area contributed by atoms with E-state index < -0.39 is 42.5 Å². The number of ether oxygens (including phenoxy) is 2. The van der Waals surface area contributed by atoms with Crippen molar-refractivity contribution in [3.63, 3.8) is 0 Å². The molecule has 2 heterocycles. The highest BCUT2D eigenvalue weighted by Crippen LogP contribution is 2.36. The fourth-order valence-corrected chi connectivity index (χ4v) is 4.53. The minimum atomic E-state index is -0.928. The molecule has 0 aliphatic carbocycles. The van der Waals surface area contributed by atoms with Crippen LogP contribution in [0.1, 0.15) is 92.6 Å². The van der Waals surface area contributed by atoms with E-state index in [9.17, 15) is 19.2 Å². The maximum absolute atomic E-state index is 13.2. The Morgan fingerprint density at radius 3 is 1.82 bits per heavy atom. The minimum absolute atomic E-state index is 0.300. The molecular formula is C29H39N5O6. The van der Waals surface area contributed by atoms with Crippen LogP contribution in [0.3, 0.4) is 0 Å². The van der Waals surface area contributed by atoms with Gasteiger partial charge in [-0.3, -0.25) is 19.4 Å². The van der Waals surface area contributed by atoms with Gasteiger partial charge in [0.2, 0.25) is 0 Å². The molecule has 0 saturated carbocycles. The first-order valence-corrected chi connectivity index (χ1v) is 13.8. The number of nitrogens with zero attached hydrogens (tertiary/aromatic N) is 3. The number of hydrogen-bond acceptors (Lipinski definition) is 8. The molecule has 3 rings (SSSR count). The van der Waals surface area contributed by atoms with Crippen molar-refractivity contribution in [2.45, 2.75) is 78.8 Å². The van der Waals surface area contributed by atoms with Gasteiger partial charge in [0.1, 0.15) is 5.82 Å². The van der Waals surface area contributed by atoms with E-state index in [4.69, 9.17) is 9.47 Å². The van der Waals surface area contributed by atoms with E-state index in [2.05, 4.69) is 15.6 Å². The van der Waals surface area contributed by atoms with Crippen LogP contribution in [0.15, 0.2) is 42.6 Å². The van der Waals surface area contributed by atoms with Crippen LogP contribution in [0, 0.1) is 0 Å². The summed E-state index contributed by atoms with van der Waals surface area (Å²) in [5.41, 5.74) is 1.19. The number of fused-ring (bicyclic) bond motifs is 1. The van der Waals surface area contributed by atoms with E-state index in [1.165, 1.54) is 4.90 Å². The number of nitrogens with one attached hydrogen (secondary N) is 2. The molecule has 1 aliphatic rings. The first-order valence-electron chi connectivity index (χ1n) is 13.8. The highest BCUT2D eigenvalue weighted by Gasteiger charge is 2.40. The SMILES string of the molecule is CCCCNC(=O)OC(C)N(c1ncccc1C(C)N1C(=O)c2ccccc2C1=O)C(C)OC(=O)NCCCC. The number of benzene rings is 1. The van der Waals surface area contributed by atoms with Crippen molar-refractivity contribution < 1.29 is 28.7 Å². The molecule has 216 valence electrons. The van der Waals surface area contributed by atoms with Crippen molar-refractivity contribution in [1.29, 1.82) is 0 Å². The van der Waals surface area contributed by atoms with Crippen molar-refractivity contribution in [2.75, 3.05) is 18.0 Å². The van der Waals surface area contributed by atoms with E-state index >= 15 is 0 Å². The normalized spacial score (nSPS) is 14.7. The predicted octanol–water partition coefficient (Wildman–Crippen LogP) is 4.99. The number of aromatic nitrogens is 1. The summed E-state index contributed by atoms with van der Waals surface area (Å²) in [5.74, 6) is -0.517. The average Bonchev–Trinajstić information content (AvgIpc) is 3.18. The van der Waals surface area contributed by atoms with Crippen LogP contribution >= 0.6 is 0 Å². The van der Waals surface area contributed by atoms with Gasteiger partial charge in [-0.1, -0.05) is 44.9 Å². The van der Waals surface area contributed by atoms with Crippen LogP contribution in [-0.4, -0.2) is 59.4 Å². The fourth-order valence-electron chi connectivity index (χ4n) is 4.53. The Hall–Kier alpha value is -4.15. The largest absolute Gasteiger partial charge is 0.426 e. The van der Waals surface area contributed by atoms with Crippen LogP contribution in [0.2, 0.25) is 0 Å². The van der Waals surface area contributed by atoms with Gasteiger partial charge >= 0.3 is 12.2 Å². The summed E-state index contributed by atoms with van der Waals surface area (Å²) < 4.78 is 11.3. The third-order valence-corrected chi connectivity index (χ3v) is 6.66. The van der Waals surface area contributed by atoms with Gasteiger partial charge in [-0.15, -0.1) is 0 Å². The number of unbranched alkanes of at least 4 members (excludes halogenated alkanes) is 2. The Morgan fingerprint density at radius 1 is 0.850 bits per heavy atom. The third kappa shape index (κ3) is 7.08. The molecule has 0 saturated heterocycles. The van der Waals surface area contributed by atoms with Gasteiger partial charge < -0.3 is 20.1 Å². The summed E-state index contributed by atoms with van der Waals surface area (Å²) in [5, 5.41) is 5.43. The number of imide groups is 1. The van der Waals surface area contributed by atoms with Crippen LogP contribution in [0.4, 0.5) is 15.4 Å². The van der Waals surface area contributed by atoms with Gasteiger partial charge in [0.05, 0.1) is 17.2 Å². The molecule has 3 atom stereocenters. The summed E-state index contributed by atoms with van der Waals surface area (Å²) in [4.78, 5) is 58.8. The molecule has 4 amide bonds. The monoisotopic (exact) mass is 553 g/mol. The summed E-state index contributed by atoms with van der Waals surface area (Å²) >= 11 is 0. The number of pyridine rings is 1. The zero-order chi connectivity index (χ0) is 29.2. The van der Waals surface area contributed by atoms with Gasteiger partial charge in [0.25, 0.3) is 11.8 Å². The minimum Gasteiger partial charge on any atom is -0.426 e. The van der Waals surface area contributed by atoms with Gasteiger partial charge in [0.15, 0.2) is 12.5 Å². The zero-order valence-electron chi connectivity index (χ0n) is 23.8. The van der Waals surface area contributed by atoms with Gasteiger partial charge in [-0.25, -0.2) is 14.6 Å². The van der Waals surface area contributed by atoms with Gasteiger partial charge in [-0.2, -0.15) is 0 Å². The van der Waals surface area contributed by atoms with Gasteiger partial charge in [0, 0.05) is 24.8 Å². The van der Waals surface area contributed by atoms with E-state index in [1.54, 1.807) is 68.3 Å². The number of hydrogen-bond donors (Lipinski definition) is 2. The maximum Gasteiger partial charge on any atom is 0.409 e. The second kappa shape index (κ2) is 14.3. The van der Waals surface area contributed by atoms with Crippen molar-refractivity contribution in [2.24, 2.45) is 0 Å². The number of carbonyl (C=O) groups is 4. The number of alkyl carbamates (subject to hydrolysis) is 2. The van der Waals surface area contributed by atoms with Crippen molar-refractivity contribution in [3.8, 4) is 0 Å². The molecule has 1 aliphatic heterocycles. The zero-order valence-corrected chi connectivity index (χ0v) is 23.8. The molecule has 1 aromatic heterocycles. The highest BCUT2D eigenvalue weighted by molar-refractivity contribution is 6.21. The third-order valence-electron chi connectivity index (χ3n) is 6.66. The van der Waals surface area contributed by atoms with E-state index in [1.807, 2.05) is 13.8 Å². The second-order valence-electron chi connectivity index (χ2n) is 9.60. The Kier molecular flexibility index (Phi) is 10.9. The number of amides is 4. The lowest BCUT2D eigenvalue weighted by Gasteiger charge is -2.36. The standard InChI is InChI=1S/C29H39N5O6/c1-6-8-16-31-28(37)39-20(4)34(21(5)40-29(38)32-17-9-7-2)25-22(15-12-18-30-25)19(3)33-26(35)23-13-10-11-14-24(23)27(33)36/h10-15,18-21H,6-9,16-17H2,1-5H3,(H,31,37)(H,32,38). The molecule has 3 unspecified atom stereocenters. The molecule has 1 aromatic carbocycles. The Balaban J connectivity index is 1.93. The molecule has 2 N–H and O–H groups in total. The molecule has 2 aromatic rings. The highest BCUT2D eigenvalue weighted by atomic mass is 16.6. The molecule has 0 fully saturated rings. The first kappa shape index (κ1) is 30.4. The lowest BCUT2D eigenvalue weighted by Crippen LogP contribution is -2.48. The van der Waals surface area contributed by atoms with Crippen LogP contribution in [-0.2, 0) is 9.47 Å². The van der Waals surface area contributed by atoms with Crippen molar-refractivity contribution >= 4 is 29.8 Å². The molecule has 0 radical (unpaired) electrons. The Bertz CT molecular complexity index is 1140. The topological polar surface area (TPSA) is 130 Å². The average molecular weight is 554 g/mol. The van der Waals surface area contributed by atoms with Gasteiger partial charge in [-0.05, 0) is 51.8 Å². The fraction of sp³-hybridized carbons (Fsp3) is 0.483. The van der Waals surface area contributed by atoms with Crippen LogP contribution in [0.5, 0.6) is 0 Å². The molecule has 11 heteroatoms. The lowest BCUT2D eigenvalue weighted by atomic mass is 10.1. The number of anilines is 1. The van der Waals surface area contributed by atoms with Crippen molar-refractivity contribution in [3.05, 3.63) is 59.3 Å². The smallest absolute Gasteiger partial charge is 0.409 e. The predicted molar refractivity (Wildman–Crippen MR) is 150 cm³/mol. The number of carbonyl (C=O) groups excluding carboxylic acids is 4. The molecule has 0 bridgehead atoms. The second-order valence-corrected chi connectivity index (χ2v) is 9.60.